The lowest BCUT2D eigenvalue weighted by Gasteiger charge is -2.36. The number of amides is 2. The zero-order chi connectivity index (χ0) is 19.2. The molecule has 4 rings (SSSR count). The van der Waals surface area contributed by atoms with Gasteiger partial charge in [-0.05, 0) is 70.2 Å². The lowest BCUT2D eigenvalue weighted by molar-refractivity contribution is -0.0109. The lowest BCUT2D eigenvalue weighted by Crippen LogP contribution is -2.47. The van der Waals surface area contributed by atoms with Gasteiger partial charge in [-0.15, -0.1) is 0 Å². The Labute approximate surface area is 168 Å². The van der Waals surface area contributed by atoms with Crippen molar-refractivity contribution < 1.29 is 14.3 Å². The second-order valence-electron chi connectivity index (χ2n) is 8.19. The van der Waals surface area contributed by atoms with Gasteiger partial charge in [0.25, 0.3) is 0 Å². The molecule has 3 fully saturated rings. The Morgan fingerprint density at radius 3 is 2.57 bits per heavy atom. The Kier molecular flexibility index (Phi) is 6.70. The molecular formula is C22H33N3O3. The number of ether oxygens (including phenoxy) is 2. The molecule has 0 aliphatic carbocycles. The molecule has 0 unspecified atom stereocenters. The summed E-state index contributed by atoms with van der Waals surface area (Å²) in [5.74, 6) is 0.719. The van der Waals surface area contributed by atoms with Crippen LogP contribution in [0, 0.1) is 0 Å². The molecule has 1 N–H and O–H groups in total. The van der Waals surface area contributed by atoms with E-state index in [0.29, 0.717) is 12.6 Å². The number of nitrogens with zero attached hydrogens (tertiary/aromatic N) is 2. The van der Waals surface area contributed by atoms with E-state index in [2.05, 4.69) is 10.2 Å². The summed E-state index contributed by atoms with van der Waals surface area (Å²) < 4.78 is 11.7. The molecule has 0 radical (unpaired) electrons. The Bertz CT molecular complexity index is 634. The Morgan fingerprint density at radius 2 is 1.82 bits per heavy atom. The van der Waals surface area contributed by atoms with E-state index in [1.54, 1.807) is 0 Å². The van der Waals surface area contributed by atoms with E-state index in [1.165, 1.54) is 32.4 Å². The smallest absolute Gasteiger partial charge is 0.321 e. The number of carbonyl (C=O) groups excluding carboxylic acids is 1. The van der Waals surface area contributed by atoms with E-state index in [1.807, 2.05) is 29.2 Å². The number of urea groups is 1. The van der Waals surface area contributed by atoms with Gasteiger partial charge in [-0.25, -0.2) is 4.79 Å². The van der Waals surface area contributed by atoms with Gasteiger partial charge in [0.05, 0.1) is 11.8 Å². The Hall–Kier alpha value is -1.79. The van der Waals surface area contributed by atoms with E-state index in [4.69, 9.17) is 9.47 Å². The van der Waals surface area contributed by atoms with Crippen LogP contribution in [0.15, 0.2) is 24.3 Å². The molecule has 0 saturated carbocycles. The summed E-state index contributed by atoms with van der Waals surface area (Å²) in [6.07, 6.45) is 8.32. The third kappa shape index (κ3) is 4.97. The molecule has 154 valence electrons. The fourth-order valence-corrected chi connectivity index (χ4v) is 4.55. The first-order valence-corrected chi connectivity index (χ1v) is 10.9. The zero-order valence-electron chi connectivity index (χ0n) is 16.8. The number of hydrogen-bond donors (Lipinski definition) is 1. The molecule has 6 nitrogen and oxygen atoms in total. The summed E-state index contributed by atoms with van der Waals surface area (Å²) >= 11 is 0. The average molecular weight is 388 g/mol. The standard InChI is InChI=1S/C22H33N3O3/c26-22(25-14-10-18(11-15-25)24-12-4-5-13-24)23-20-8-1-2-9-21(20)28-17-19-7-3-6-16-27-19/h1-2,8-9,18-19H,3-7,10-17H2,(H,23,26)/t19-/m0/s1. The van der Waals surface area contributed by atoms with Crippen LogP contribution in [-0.2, 0) is 4.74 Å². The lowest BCUT2D eigenvalue weighted by atomic mass is 10.0. The minimum atomic E-state index is -0.0233. The largest absolute Gasteiger partial charge is 0.489 e. The SMILES string of the molecule is O=C(Nc1ccccc1OC[C@@H]1CCCCO1)N1CCC(N2CCCC2)CC1. The van der Waals surface area contributed by atoms with Crippen LogP contribution in [0.25, 0.3) is 0 Å². The molecule has 0 aromatic heterocycles. The highest BCUT2D eigenvalue weighted by atomic mass is 16.5. The number of benzene rings is 1. The Balaban J connectivity index is 1.28. The van der Waals surface area contributed by atoms with Crippen molar-refractivity contribution in [1.29, 1.82) is 0 Å². The van der Waals surface area contributed by atoms with E-state index in [0.717, 1.165) is 56.8 Å². The second-order valence-corrected chi connectivity index (χ2v) is 8.19. The molecule has 1 atom stereocenters. The predicted octanol–water partition coefficient (Wildman–Crippen LogP) is 3.73. The molecule has 1 aromatic rings. The van der Waals surface area contributed by atoms with Gasteiger partial charge in [0.1, 0.15) is 12.4 Å². The third-order valence-corrected chi connectivity index (χ3v) is 6.24. The minimum absolute atomic E-state index is 0.0233. The third-order valence-electron chi connectivity index (χ3n) is 6.24. The molecule has 3 aliphatic rings. The monoisotopic (exact) mass is 387 g/mol. The van der Waals surface area contributed by atoms with Gasteiger partial charge < -0.3 is 24.6 Å². The van der Waals surface area contributed by atoms with Crippen LogP contribution < -0.4 is 10.1 Å². The van der Waals surface area contributed by atoms with E-state index < -0.39 is 0 Å². The molecule has 2 amide bonds. The van der Waals surface area contributed by atoms with Gasteiger partial charge in [-0.3, -0.25) is 0 Å². The number of para-hydroxylation sites is 2. The maximum absolute atomic E-state index is 12.8. The van der Waals surface area contributed by atoms with Crippen LogP contribution in [0.1, 0.15) is 44.9 Å². The van der Waals surface area contributed by atoms with Crippen molar-refractivity contribution in [3.05, 3.63) is 24.3 Å². The van der Waals surface area contributed by atoms with Crippen molar-refractivity contribution in [2.45, 2.75) is 57.1 Å². The van der Waals surface area contributed by atoms with Crippen molar-refractivity contribution in [2.75, 3.05) is 44.7 Å². The zero-order valence-corrected chi connectivity index (χ0v) is 16.8. The van der Waals surface area contributed by atoms with Crippen LogP contribution in [0.2, 0.25) is 0 Å². The quantitative estimate of drug-likeness (QED) is 0.837. The number of hydrogen-bond acceptors (Lipinski definition) is 4. The predicted molar refractivity (Wildman–Crippen MR) is 110 cm³/mol. The molecule has 28 heavy (non-hydrogen) atoms. The summed E-state index contributed by atoms with van der Waals surface area (Å²) in [6, 6.07) is 8.32. The highest BCUT2D eigenvalue weighted by Gasteiger charge is 2.28. The van der Waals surface area contributed by atoms with E-state index >= 15 is 0 Å². The second kappa shape index (κ2) is 9.61. The Morgan fingerprint density at radius 1 is 1.04 bits per heavy atom. The van der Waals surface area contributed by atoms with E-state index in [9.17, 15) is 4.79 Å². The van der Waals surface area contributed by atoms with Gasteiger partial charge in [-0.2, -0.15) is 0 Å². The maximum Gasteiger partial charge on any atom is 0.321 e. The summed E-state index contributed by atoms with van der Waals surface area (Å²) in [6.45, 7) is 5.46. The fraction of sp³-hybridized carbons (Fsp3) is 0.682. The number of likely N-dealkylation sites (tertiary alicyclic amines) is 2. The van der Waals surface area contributed by atoms with E-state index in [-0.39, 0.29) is 12.1 Å². The van der Waals surface area contributed by atoms with Crippen molar-refractivity contribution in [1.82, 2.24) is 9.80 Å². The summed E-state index contributed by atoms with van der Waals surface area (Å²) in [7, 11) is 0. The van der Waals surface area contributed by atoms with Gasteiger partial charge >= 0.3 is 6.03 Å². The minimum Gasteiger partial charge on any atom is -0.489 e. The number of piperidine rings is 1. The average Bonchev–Trinajstić information content (AvgIpc) is 3.29. The molecular weight excluding hydrogens is 354 g/mol. The van der Waals surface area contributed by atoms with Crippen LogP contribution >= 0.6 is 0 Å². The van der Waals surface area contributed by atoms with Crippen molar-refractivity contribution in [2.24, 2.45) is 0 Å². The highest BCUT2D eigenvalue weighted by molar-refractivity contribution is 5.91. The van der Waals surface area contributed by atoms with Gasteiger partial charge in [0.2, 0.25) is 0 Å². The molecule has 3 saturated heterocycles. The van der Waals surface area contributed by atoms with Crippen LogP contribution in [0.3, 0.4) is 0 Å². The summed E-state index contributed by atoms with van der Waals surface area (Å²) in [5, 5.41) is 3.06. The van der Waals surface area contributed by atoms with Gasteiger partial charge in [0, 0.05) is 25.7 Å². The topological polar surface area (TPSA) is 54.0 Å². The molecule has 1 aromatic carbocycles. The highest BCUT2D eigenvalue weighted by Crippen LogP contribution is 2.26. The van der Waals surface area contributed by atoms with Crippen LogP contribution in [-0.4, -0.2) is 67.4 Å². The molecule has 0 spiro atoms. The number of anilines is 1. The first-order valence-electron chi connectivity index (χ1n) is 10.9. The molecule has 3 aliphatic heterocycles. The normalized spacial score (nSPS) is 24.3. The molecule has 3 heterocycles. The number of rotatable bonds is 5. The van der Waals surface area contributed by atoms with Gasteiger partial charge in [0.15, 0.2) is 0 Å². The molecule has 0 bridgehead atoms. The van der Waals surface area contributed by atoms with Gasteiger partial charge in [-0.1, -0.05) is 12.1 Å². The first-order chi connectivity index (χ1) is 13.8. The number of carbonyl (C=O) groups is 1. The van der Waals surface area contributed by atoms with Crippen LogP contribution in [0.5, 0.6) is 5.75 Å². The van der Waals surface area contributed by atoms with Crippen molar-refractivity contribution in [3.63, 3.8) is 0 Å². The number of nitrogens with one attached hydrogen (secondary N) is 1. The van der Waals surface area contributed by atoms with Crippen molar-refractivity contribution >= 4 is 11.7 Å². The first kappa shape index (κ1) is 19.5. The van der Waals surface area contributed by atoms with Crippen molar-refractivity contribution in [3.8, 4) is 5.75 Å². The van der Waals surface area contributed by atoms with Crippen LogP contribution in [0.4, 0.5) is 10.5 Å². The maximum atomic E-state index is 12.8. The fourth-order valence-electron chi connectivity index (χ4n) is 4.55. The summed E-state index contributed by atoms with van der Waals surface area (Å²) in [5.41, 5.74) is 0.741. The molecule has 6 heteroatoms. The summed E-state index contributed by atoms with van der Waals surface area (Å²) in [4.78, 5) is 17.3.